The minimum absolute atomic E-state index is 0. The summed E-state index contributed by atoms with van der Waals surface area (Å²) < 4.78 is 42.3. The minimum Gasteiger partial charge on any atom is -0.477 e. The van der Waals surface area contributed by atoms with E-state index in [2.05, 4.69) is 10.3 Å². The number of hydrogen-bond acceptors (Lipinski definition) is 3. The van der Waals surface area contributed by atoms with Gasteiger partial charge in [0, 0.05) is 12.3 Å². The molecule has 108 valence electrons. The molecule has 0 aromatic carbocycles. The Morgan fingerprint density at radius 2 is 1.95 bits per heavy atom. The van der Waals surface area contributed by atoms with E-state index < -0.39 is 11.7 Å². The number of nitrogens with one attached hydrogen (secondary N) is 1. The topological polar surface area (TPSA) is 34.1 Å². The molecule has 0 saturated carbocycles. The third kappa shape index (κ3) is 4.87. The van der Waals surface area contributed by atoms with E-state index in [9.17, 15) is 13.2 Å². The number of ether oxygens (including phenoxy) is 1. The summed E-state index contributed by atoms with van der Waals surface area (Å²) in [5, 5.41) is 3.24. The molecule has 0 atom stereocenters. The first-order chi connectivity index (χ1) is 8.55. The van der Waals surface area contributed by atoms with Crippen LogP contribution in [-0.2, 0) is 6.18 Å². The van der Waals surface area contributed by atoms with E-state index in [4.69, 9.17) is 4.74 Å². The van der Waals surface area contributed by atoms with E-state index in [0.717, 1.165) is 38.2 Å². The third-order valence-corrected chi connectivity index (χ3v) is 2.99. The largest absolute Gasteiger partial charge is 0.477 e. The van der Waals surface area contributed by atoms with Crippen molar-refractivity contribution in [2.24, 2.45) is 5.92 Å². The fourth-order valence-electron chi connectivity index (χ4n) is 1.88. The predicted octanol–water partition coefficient (Wildman–Crippen LogP) is 2.90. The average Bonchev–Trinajstić information content (AvgIpc) is 2.37. The summed E-state index contributed by atoms with van der Waals surface area (Å²) in [6.07, 6.45) is -1.49. The van der Waals surface area contributed by atoms with Gasteiger partial charge in [0.25, 0.3) is 0 Å². The Kier molecular flexibility index (Phi) is 5.87. The summed E-state index contributed by atoms with van der Waals surface area (Å²) in [7, 11) is 0. The Balaban J connectivity index is 0.00000180. The molecule has 1 N–H and O–H groups in total. The monoisotopic (exact) mass is 296 g/mol. The van der Waals surface area contributed by atoms with E-state index in [0.29, 0.717) is 12.5 Å². The first-order valence-electron chi connectivity index (χ1n) is 5.92. The molecular formula is C12H16ClF3N2O. The maximum Gasteiger partial charge on any atom is 0.417 e. The summed E-state index contributed by atoms with van der Waals surface area (Å²) in [6.45, 7) is 2.45. The lowest BCUT2D eigenvalue weighted by Gasteiger charge is -2.22. The van der Waals surface area contributed by atoms with Crippen LogP contribution in [0.5, 0.6) is 5.88 Å². The number of rotatable bonds is 3. The molecule has 1 aliphatic rings. The van der Waals surface area contributed by atoms with Crippen LogP contribution in [0.2, 0.25) is 0 Å². The molecule has 0 unspecified atom stereocenters. The first-order valence-corrected chi connectivity index (χ1v) is 5.92. The van der Waals surface area contributed by atoms with Gasteiger partial charge in [-0.1, -0.05) is 0 Å². The summed E-state index contributed by atoms with van der Waals surface area (Å²) in [5.74, 6) is 0.705. The molecule has 0 aliphatic carbocycles. The van der Waals surface area contributed by atoms with Crippen molar-refractivity contribution in [2.45, 2.75) is 19.0 Å². The van der Waals surface area contributed by atoms with Crippen molar-refractivity contribution in [2.75, 3.05) is 19.7 Å². The second-order valence-electron chi connectivity index (χ2n) is 4.39. The summed E-state index contributed by atoms with van der Waals surface area (Å²) >= 11 is 0. The summed E-state index contributed by atoms with van der Waals surface area (Å²) in [4.78, 5) is 3.67. The summed E-state index contributed by atoms with van der Waals surface area (Å²) in [5.41, 5.74) is -0.753. The first kappa shape index (κ1) is 16.0. The van der Waals surface area contributed by atoms with Crippen molar-refractivity contribution < 1.29 is 17.9 Å². The highest BCUT2D eigenvalue weighted by Gasteiger charge is 2.30. The quantitative estimate of drug-likeness (QED) is 0.931. The van der Waals surface area contributed by atoms with E-state index in [-0.39, 0.29) is 18.3 Å². The highest BCUT2D eigenvalue weighted by Crippen LogP contribution is 2.29. The number of pyridine rings is 1. The molecule has 0 spiro atoms. The molecule has 2 heterocycles. The van der Waals surface area contributed by atoms with Gasteiger partial charge < -0.3 is 10.1 Å². The van der Waals surface area contributed by atoms with Crippen LogP contribution >= 0.6 is 12.4 Å². The van der Waals surface area contributed by atoms with Crippen molar-refractivity contribution >= 4 is 12.4 Å². The molecule has 1 saturated heterocycles. The molecule has 2 rings (SSSR count). The number of piperidine rings is 1. The van der Waals surface area contributed by atoms with Gasteiger partial charge in [0.2, 0.25) is 5.88 Å². The molecule has 0 radical (unpaired) electrons. The molecule has 1 fully saturated rings. The lowest BCUT2D eigenvalue weighted by atomic mass is 9.99. The maximum absolute atomic E-state index is 12.3. The Labute approximate surface area is 116 Å². The highest BCUT2D eigenvalue weighted by molar-refractivity contribution is 5.85. The van der Waals surface area contributed by atoms with Gasteiger partial charge in [-0.25, -0.2) is 4.98 Å². The van der Waals surface area contributed by atoms with Crippen LogP contribution in [0.1, 0.15) is 18.4 Å². The van der Waals surface area contributed by atoms with Crippen molar-refractivity contribution in [1.82, 2.24) is 10.3 Å². The van der Waals surface area contributed by atoms with Gasteiger partial charge in [-0.15, -0.1) is 12.4 Å². The normalized spacial score (nSPS) is 16.8. The second kappa shape index (κ2) is 6.96. The van der Waals surface area contributed by atoms with Crippen LogP contribution in [0.15, 0.2) is 18.3 Å². The van der Waals surface area contributed by atoms with Gasteiger partial charge in [-0.2, -0.15) is 13.2 Å². The number of halogens is 4. The van der Waals surface area contributed by atoms with Gasteiger partial charge in [0.05, 0.1) is 12.2 Å². The van der Waals surface area contributed by atoms with Gasteiger partial charge >= 0.3 is 6.18 Å². The standard InChI is InChI=1S/C12H15F3N2O.ClH/c13-12(14,15)10-1-2-11(17-7-10)18-8-9-3-5-16-6-4-9;/h1-2,7,9,16H,3-6,8H2;1H. The van der Waals surface area contributed by atoms with E-state index in [1.807, 2.05) is 0 Å². The zero-order chi connectivity index (χ0) is 13.0. The maximum atomic E-state index is 12.3. The predicted molar refractivity (Wildman–Crippen MR) is 67.6 cm³/mol. The molecule has 7 heteroatoms. The lowest BCUT2D eigenvalue weighted by Crippen LogP contribution is -2.30. The second-order valence-corrected chi connectivity index (χ2v) is 4.39. The Hall–Kier alpha value is -1.01. The number of alkyl halides is 3. The smallest absolute Gasteiger partial charge is 0.417 e. The fourth-order valence-corrected chi connectivity index (χ4v) is 1.88. The third-order valence-electron chi connectivity index (χ3n) is 2.99. The molecule has 19 heavy (non-hydrogen) atoms. The van der Waals surface area contributed by atoms with Crippen molar-refractivity contribution in [3.63, 3.8) is 0 Å². The highest BCUT2D eigenvalue weighted by atomic mass is 35.5. The number of nitrogens with zero attached hydrogens (tertiary/aromatic N) is 1. The SMILES string of the molecule is Cl.FC(F)(F)c1ccc(OCC2CCNCC2)nc1. The van der Waals surface area contributed by atoms with Crippen molar-refractivity contribution in [3.8, 4) is 5.88 Å². The van der Waals surface area contributed by atoms with Crippen molar-refractivity contribution in [3.05, 3.63) is 23.9 Å². The number of hydrogen-bond donors (Lipinski definition) is 1. The molecule has 1 aromatic rings. The van der Waals surface area contributed by atoms with Crippen LogP contribution in [0, 0.1) is 5.92 Å². The van der Waals surface area contributed by atoms with Gasteiger partial charge in [0.15, 0.2) is 0 Å². The van der Waals surface area contributed by atoms with Crippen LogP contribution in [0.4, 0.5) is 13.2 Å². The average molecular weight is 297 g/mol. The van der Waals surface area contributed by atoms with E-state index in [1.165, 1.54) is 6.07 Å². The van der Waals surface area contributed by atoms with Gasteiger partial charge in [-0.3, -0.25) is 0 Å². The lowest BCUT2D eigenvalue weighted by molar-refractivity contribution is -0.137. The van der Waals surface area contributed by atoms with Crippen LogP contribution in [-0.4, -0.2) is 24.7 Å². The molecule has 3 nitrogen and oxygen atoms in total. The molecule has 0 bridgehead atoms. The minimum atomic E-state index is -4.35. The van der Waals surface area contributed by atoms with Crippen LogP contribution in [0.3, 0.4) is 0 Å². The number of aromatic nitrogens is 1. The molecule has 1 aromatic heterocycles. The van der Waals surface area contributed by atoms with Gasteiger partial charge in [-0.05, 0) is 37.9 Å². The molecule has 1 aliphatic heterocycles. The Morgan fingerprint density at radius 3 is 2.47 bits per heavy atom. The van der Waals surface area contributed by atoms with Crippen molar-refractivity contribution in [1.29, 1.82) is 0 Å². The Bertz CT molecular complexity index is 378. The summed E-state index contributed by atoms with van der Waals surface area (Å²) in [6, 6.07) is 2.26. The molecular weight excluding hydrogens is 281 g/mol. The van der Waals surface area contributed by atoms with E-state index >= 15 is 0 Å². The van der Waals surface area contributed by atoms with Crippen LogP contribution in [0.25, 0.3) is 0 Å². The zero-order valence-corrected chi connectivity index (χ0v) is 11.1. The zero-order valence-electron chi connectivity index (χ0n) is 10.2. The van der Waals surface area contributed by atoms with Crippen LogP contribution < -0.4 is 10.1 Å². The molecule has 0 amide bonds. The fraction of sp³-hybridized carbons (Fsp3) is 0.583. The Morgan fingerprint density at radius 1 is 1.26 bits per heavy atom. The van der Waals surface area contributed by atoms with Gasteiger partial charge in [0.1, 0.15) is 0 Å². The van der Waals surface area contributed by atoms with E-state index in [1.54, 1.807) is 0 Å².